The maximum absolute atomic E-state index is 12.6. The molecule has 0 bridgehead atoms. The van der Waals surface area contributed by atoms with Gasteiger partial charge in [0.25, 0.3) is 5.91 Å². The van der Waals surface area contributed by atoms with Crippen LogP contribution in [-0.2, 0) is 10.2 Å². The molecule has 1 heterocycles. The number of amides is 2. The van der Waals surface area contributed by atoms with Gasteiger partial charge in [-0.05, 0) is 38.5 Å². The lowest BCUT2D eigenvalue weighted by Gasteiger charge is -2.37. The second-order valence-corrected chi connectivity index (χ2v) is 5.90. The van der Waals surface area contributed by atoms with Crippen LogP contribution in [0.25, 0.3) is 0 Å². The van der Waals surface area contributed by atoms with Gasteiger partial charge in [-0.1, -0.05) is 18.2 Å². The van der Waals surface area contributed by atoms with Crippen molar-refractivity contribution in [2.75, 3.05) is 13.1 Å². The lowest BCUT2D eigenvalue weighted by Crippen LogP contribution is -2.52. The Bertz CT molecular complexity index is 656. The van der Waals surface area contributed by atoms with Crippen LogP contribution in [0.5, 0.6) is 0 Å². The number of nitrogens with zero attached hydrogens (tertiary/aromatic N) is 2. The number of nitrogens with two attached hydrogens (primary N) is 1. The van der Waals surface area contributed by atoms with Gasteiger partial charge in [0.2, 0.25) is 5.91 Å². The van der Waals surface area contributed by atoms with Crippen LogP contribution in [0.2, 0.25) is 0 Å². The van der Waals surface area contributed by atoms with E-state index >= 15 is 0 Å². The summed E-state index contributed by atoms with van der Waals surface area (Å²) >= 11 is 0. The maximum Gasteiger partial charge on any atom is 0.260 e. The number of carbonyl (C=O) groups excluding carboxylic acids is 2. The van der Waals surface area contributed by atoms with E-state index in [2.05, 4.69) is 4.99 Å². The highest BCUT2D eigenvalue weighted by molar-refractivity contribution is 6.12. The van der Waals surface area contributed by atoms with Crippen molar-refractivity contribution in [1.29, 1.82) is 0 Å². The Balaban J connectivity index is 2.20. The Labute approximate surface area is 130 Å². The first-order chi connectivity index (χ1) is 10.4. The molecule has 0 unspecified atom stereocenters. The van der Waals surface area contributed by atoms with Crippen molar-refractivity contribution in [2.45, 2.75) is 26.2 Å². The van der Waals surface area contributed by atoms with Crippen molar-refractivity contribution in [3.63, 3.8) is 0 Å². The number of imide groups is 1. The van der Waals surface area contributed by atoms with E-state index in [4.69, 9.17) is 5.73 Å². The van der Waals surface area contributed by atoms with Gasteiger partial charge in [-0.15, -0.1) is 0 Å². The van der Waals surface area contributed by atoms with Gasteiger partial charge in [0.05, 0.1) is 12.0 Å². The maximum atomic E-state index is 12.6. The molecule has 1 aromatic rings. The molecular formula is C17H21N3O2. The highest BCUT2D eigenvalue weighted by Gasteiger charge is 2.43. The number of rotatable bonds is 4. The Kier molecular flexibility index (Phi) is 4.45. The Morgan fingerprint density at radius 2 is 2.00 bits per heavy atom. The minimum Gasteiger partial charge on any atom is -0.402 e. The van der Waals surface area contributed by atoms with Gasteiger partial charge in [-0.25, -0.2) is 0 Å². The van der Waals surface area contributed by atoms with Gasteiger partial charge in [0.1, 0.15) is 0 Å². The SMILES string of the molecule is C/C(N)=C/C=NCCN1C(=O)c2ccccc2C(C)(C)C1=O. The van der Waals surface area contributed by atoms with E-state index in [-0.39, 0.29) is 18.4 Å². The average molecular weight is 299 g/mol. The molecule has 2 N–H and O–H groups in total. The molecule has 0 atom stereocenters. The van der Waals surface area contributed by atoms with E-state index in [1.54, 1.807) is 25.3 Å². The van der Waals surface area contributed by atoms with Crippen LogP contribution in [-0.4, -0.2) is 36.0 Å². The van der Waals surface area contributed by atoms with Gasteiger partial charge in [0, 0.05) is 24.0 Å². The zero-order chi connectivity index (χ0) is 16.3. The fourth-order valence-electron chi connectivity index (χ4n) is 2.51. The Morgan fingerprint density at radius 3 is 2.68 bits per heavy atom. The van der Waals surface area contributed by atoms with Crippen molar-refractivity contribution in [2.24, 2.45) is 10.7 Å². The minimum absolute atomic E-state index is 0.183. The third-order valence-electron chi connectivity index (χ3n) is 3.75. The highest BCUT2D eigenvalue weighted by atomic mass is 16.2. The summed E-state index contributed by atoms with van der Waals surface area (Å²) in [5.74, 6) is -0.433. The summed E-state index contributed by atoms with van der Waals surface area (Å²) in [6.45, 7) is 6.08. The molecule has 22 heavy (non-hydrogen) atoms. The third-order valence-corrected chi connectivity index (χ3v) is 3.75. The summed E-state index contributed by atoms with van der Waals surface area (Å²) in [5, 5.41) is 0. The first kappa shape index (κ1) is 15.9. The van der Waals surface area contributed by atoms with Crippen molar-refractivity contribution < 1.29 is 9.59 Å². The monoisotopic (exact) mass is 299 g/mol. The first-order valence-electron chi connectivity index (χ1n) is 7.23. The van der Waals surface area contributed by atoms with Gasteiger partial charge in [-0.3, -0.25) is 19.5 Å². The smallest absolute Gasteiger partial charge is 0.260 e. The number of benzene rings is 1. The molecule has 2 amide bonds. The van der Waals surface area contributed by atoms with Crippen LogP contribution < -0.4 is 5.73 Å². The Hall–Kier alpha value is -2.43. The predicted octanol–water partition coefficient (Wildman–Crippen LogP) is 1.88. The molecule has 5 nitrogen and oxygen atoms in total. The van der Waals surface area contributed by atoms with Crippen molar-refractivity contribution in [3.8, 4) is 0 Å². The number of carbonyl (C=O) groups is 2. The van der Waals surface area contributed by atoms with Crippen LogP contribution in [0.3, 0.4) is 0 Å². The Morgan fingerprint density at radius 1 is 1.32 bits per heavy atom. The van der Waals surface area contributed by atoms with E-state index in [1.165, 1.54) is 4.90 Å². The molecule has 0 aromatic heterocycles. The molecule has 1 aromatic carbocycles. The first-order valence-corrected chi connectivity index (χ1v) is 7.23. The third kappa shape index (κ3) is 2.93. The summed E-state index contributed by atoms with van der Waals surface area (Å²) in [6, 6.07) is 7.27. The molecule has 116 valence electrons. The highest BCUT2D eigenvalue weighted by Crippen LogP contribution is 2.34. The fraction of sp³-hybridized carbons (Fsp3) is 0.353. The minimum atomic E-state index is -0.706. The average Bonchev–Trinajstić information content (AvgIpc) is 2.48. The number of allylic oxidation sites excluding steroid dienone is 2. The number of hydrogen-bond donors (Lipinski definition) is 1. The van der Waals surface area contributed by atoms with E-state index < -0.39 is 5.41 Å². The molecule has 0 radical (unpaired) electrons. The lowest BCUT2D eigenvalue weighted by molar-refractivity contribution is -0.134. The van der Waals surface area contributed by atoms with Crippen LogP contribution in [0, 0.1) is 0 Å². The molecular weight excluding hydrogens is 278 g/mol. The fourth-order valence-corrected chi connectivity index (χ4v) is 2.51. The number of hydrogen-bond acceptors (Lipinski definition) is 4. The van der Waals surface area contributed by atoms with Crippen LogP contribution >= 0.6 is 0 Å². The van der Waals surface area contributed by atoms with Crippen molar-refractivity contribution in [1.82, 2.24) is 4.90 Å². The van der Waals surface area contributed by atoms with E-state index in [0.717, 1.165) is 5.56 Å². The van der Waals surface area contributed by atoms with Gasteiger partial charge < -0.3 is 5.73 Å². The summed E-state index contributed by atoms with van der Waals surface area (Å²) in [5.41, 5.74) is 6.83. The molecule has 0 saturated heterocycles. The van der Waals surface area contributed by atoms with Crippen LogP contribution in [0.1, 0.15) is 36.7 Å². The molecule has 0 spiro atoms. The zero-order valence-electron chi connectivity index (χ0n) is 13.2. The molecule has 2 rings (SSSR count). The molecule has 5 heteroatoms. The molecule has 0 saturated carbocycles. The molecule has 0 aliphatic carbocycles. The molecule has 1 aliphatic rings. The number of fused-ring (bicyclic) bond motifs is 1. The second kappa shape index (κ2) is 6.13. The van der Waals surface area contributed by atoms with Gasteiger partial charge >= 0.3 is 0 Å². The van der Waals surface area contributed by atoms with E-state index in [1.807, 2.05) is 32.0 Å². The lowest BCUT2D eigenvalue weighted by atomic mass is 9.77. The standard InChI is InChI=1S/C17H21N3O2/c1-12(18)8-9-19-10-11-20-15(21)13-6-4-5-7-14(13)17(2,3)16(20)22/h4-9H,10-11,18H2,1-3H3/b12-8-,19-9?. The van der Waals surface area contributed by atoms with Crippen LogP contribution in [0.4, 0.5) is 0 Å². The van der Waals surface area contributed by atoms with E-state index in [9.17, 15) is 9.59 Å². The van der Waals surface area contributed by atoms with Gasteiger partial charge in [0.15, 0.2) is 0 Å². The predicted molar refractivity (Wildman–Crippen MR) is 86.8 cm³/mol. The van der Waals surface area contributed by atoms with Crippen molar-refractivity contribution in [3.05, 3.63) is 47.2 Å². The molecule has 1 aliphatic heterocycles. The zero-order valence-corrected chi connectivity index (χ0v) is 13.2. The van der Waals surface area contributed by atoms with Crippen LogP contribution in [0.15, 0.2) is 41.0 Å². The summed E-state index contributed by atoms with van der Waals surface area (Å²) in [6.07, 6.45) is 3.27. The quantitative estimate of drug-likeness (QED) is 0.681. The van der Waals surface area contributed by atoms with E-state index in [0.29, 0.717) is 17.8 Å². The summed E-state index contributed by atoms with van der Waals surface area (Å²) < 4.78 is 0. The topological polar surface area (TPSA) is 75.8 Å². The largest absolute Gasteiger partial charge is 0.402 e. The summed E-state index contributed by atoms with van der Waals surface area (Å²) in [7, 11) is 0. The number of aliphatic imine (C=N–C) groups is 1. The normalized spacial score (nSPS) is 18.0. The second-order valence-electron chi connectivity index (χ2n) is 5.90. The van der Waals surface area contributed by atoms with Crippen molar-refractivity contribution >= 4 is 18.0 Å². The van der Waals surface area contributed by atoms with Gasteiger partial charge in [-0.2, -0.15) is 0 Å². The molecule has 0 fully saturated rings. The summed E-state index contributed by atoms with van der Waals surface area (Å²) in [4.78, 5) is 30.6.